The van der Waals surface area contributed by atoms with Crippen LogP contribution in [0.5, 0.6) is 5.75 Å². The number of benzene rings is 3. The van der Waals surface area contributed by atoms with Crippen LogP contribution in [0, 0.1) is 0 Å². The number of fused-ring (bicyclic) bond motifs is 1. The molecule has 3 aromatic carbocycles. The van der Waals surface area contributed by atoms with E-state index in [1.165, 1.54) is 5.56 Å². The molecule has 0 aliphatic heterocycles. The molecule has 9 heteroatoms. The highest BCUT2D eigenvalue weighted by Gasteiger charge is 2.31. The lowest BCUT2D eigenvalue weighted by molar-refractivity contribution is 0.193. The molecular formula is C33H31N7O2. The van der Waals surface area contributed by atoms with Gasteiger partial charge in [-0.1, -0.05) is 66.7 Å². The fourth-order valence-electron chi connectivity index (χ4n) is 5.26. The van der Waals surface area contributed by atoms with Crippen LogP contribution in [0.25, 0.3) is 10.9 Å². The number of ether oxygens (including phenoxy) is 1. The quantitative estimate of drug-likeness (QED) is 0.240. The van der Waals surface area contributed by atoms with Crippen molar-refractivity contribution in [3.05, 3.63) is 148 Å². The summed E-state index contributed by atoms with van der Waals surface area (Å²) in [7, 11) is 1.63. The van der Waals surface area contributed by atoms with E-state index in [2.05, 4.69) is 54.7 Å². The Morgan fingerprint density at radius 3 is 2.36 bits per heavy atom. The van der Waals surface area contributed by atoms with E-state index in [1.54, 1.807) is 13.3 Å². The first-order chi connectivity index (χ1) is 20.7. The SMILES string of the molecule is COc1ccc2[nH]c(=O)c([C@@H](c3nnnn3CCc3ccccc3)N(Cc3ccccc3)Cc3cccnc3)cc2c1. The van der Waals surface area contributed by atoms with Crippen molar-refractivity contribution in [2.24, 2.45) is 0 Å². The summed E-state index contributed by atoms with van der Waals surface area (Å²) in [5, 5.41) is 13.9. The van der Waals surface area contributed by atoms with Crippen LogP contribution in [-0.4, -0.2) is 42.2 Å². The van der Waals surface area contributed by atoms with Gasteiger partial charge in [0.05, 0.1) is 7.11 Å². The molecule has 6 rings (SSSR count). The van der Waals surface area contributed by atoms with E-state index in [1.807, 2.05) is 83.7 Å². The van der Waals surface area contributed by atoms with E-state index in [0.717, 1.165) is 28.5 Å². The number of hydrogen-bond acceptors (Lipinski definition) is 7. The summed E-state index contributed by atoms with van der Waals surface area (Å²) in [6.07, 6.45) is 4.36. The van der Waals surface area contributed by atoms with Gasteiger partial charge in [0, 0.05) is 48.5 Å². The van der Waals surface area contributed by atoms with Crippen molar-refractivity contribution in [3.63, 3.8) is 0 Å². The molecule has 0 amide bonds. The number of methoxy groups -OCH3 is 1. The average Bonchev–Trinajstić information content (AvgIpc) is 3.49. The van der Waals surface area contributed by atoms with Gasteiger partial charge in [-0.15, -0.1) is 5.10 Å². The number of rotatable bonds is 11. The monoisotopic (exact) mass is 557 g/mol. The fourth-order valence-corrected chi connectivity index (χ4v) is 5.26. The zero-order chi connectivity index (χ0) is 28.7. The first-order valence-electron chi connectivity index (χ1n) is 13.9. The normalized spacial score (nSPS) is 12.0. The molecule has 0 aliphatic carbocycles. The molecule has 210 valence electrons. The van der Waals surface area contributed by atoms with E-state index >= 15 is 0 Å². The third kappa shape index (κ3) is 6.11. The van der Waals surface area contributed by atoms with Crippen LogP contribution >= 0.6 is 0 Å². The number of tetrazole rings is 1. The van der Waals surface area contributed by atoms with Crippen molar-refractivity contribution in [2.45, 2.75) is 32.1 Å². The number of aromatic nitrogens is 6. The second kappa shape index (κ2) is 12.6. The largest absolute Gasteiger partial charge is 0.497 e. The zero-order valence-electron chi connectivity index (χ0n) is 23.3. The summed E-state index contributed by atoms with van der Waals surface area (Å²) < 4.78 is 7.29. The van der Waals surface area contributed by atoms with Gasteiger partial charge in [0.15, 0.2) is 5.82 Å². The van der Waals surface area contributed by atoms with Gasteiger partial charge in [-0.3, -0.25) is 14.7 Å². The molecule has 0 bridgehead atoms. The number of nitrogens with one attached hydrogen (secondary N) is 1. The molecule has 0 aliphatic rings. The lowest BCUT2D eigenvalue weighted by Crippen LogP contribution is -2.35. The van der Waals surface area contributed by atoms with Crippen LogP contribution in [0.1, 0.15) is 34.1 Å². The minimum absolute atomic E-state index is 0.195. The Balaban J connectivity index is 1.49. The molecule has 42 heavy (non-hydrogen) atoms. The molecule has 0 spiro atoms. The Kier molecular flexibility index (Phi) is 8.09. The summed E-state index contributed by atoms with van der Waals surface area (Å²) in [6.45, 7) is 1.64. The Hall–Kier alpha value is -5.15. The van der Waals surface area contributed by atoms with Crippen LogP contribution in [0.15, 0.2) is 114 Å². The Morgan fingerprint density at radius 1 is 0.881 bits per heavy atom. The third-order valence-corrected chi connectivity index (χ3v) is 7.34. The highest BCUT2D eigenvalue weighted by molar-refractivity contribution is 5.80. The molecule has 0 fully saturated rings. The minimum atomic E-state index is -0.560. The molecule has 0 saturated carbocycles. The lowest BCUT2D eigenvalue weighted by atomic mass is 10.0. The molecule has 0 unspecified atom stereocenters. The van der Waals surface area contributed by atoms with Crippen LogP contribution in [0.4, 0.5) is 0 Å². The number of pyridine rings is 2. The molecule has 9 nitrogen and oxygen atoms in total. The van der Waals surface area contributed by atoms with Gasteiger partial charge in [-0.2, -0.15) is 0 Å². The van der Waals surface area contributed by atoms with Crippen molar-refractivity contribution >= 4 is 10.9 Å². The van der Waals surface area contributed by atoms with Gasteiger partial charge >= 0.3 is 0 Å². The summed E-state index contributed by atoms with van der Waals surface area (Å²) in [5.41, 5.74) is 4.39. The predicted molar refractivity (Wildman–Crippen MR) is 161 cm³/mol. The maximum atomic E-state index is 13.8. The maximum Gasteiger partial charge on any atom is 0.253 e. The third-order valence-electron chi connectivity index (χ3n) is 7.34. The topological polar surface area (TPSA) is 102 Å². The molecule has 0 radical (unpaired) electrons. The van der Waals surface area contributed by atoms with E-state index in [4.69, 9.17) is 4.74 Å². The van der Waals surface area contributed by atoms with Crippen molar-refractivity contribution in [1.29, 1.82) is 0 Å². The highest BCUT2D eigenvalue weighted by atomic mass is 16.5. The molecule has 6 aromatic rings. The number of aryl methyl sites for hydroxylation is 2. The zero-order valence-corrected chi connectivity index (χ0v) is 23.3. The van der Waals surface area contributed by atoms with E-state index in [9.17, 15) is 4.79 Å². The van der Waals surface area contributed by atoms with Gasteiger partial charge in [-0.05, 0) is 63.9 Å². The second-order valence-electron chi connectivity index (χ2n) is 10.2. The molecule has 3 aromatic heterocycles. The summed E-state index contributed by atoms with van der Waals surface area (Å²) in [5.74, 6) is 1.31. The number of nitrogens with zero attached hydrogens (tertiary/aromatic N) is 6. The number of hydrogen-bond donors (Lipinski definition) is 1. The van der Waals surface area contributed by atoms with Gasteiger partial charge in [0.2, 0.25) is 0 Å². The fraction of sp³-hybridized carbons (Fsp3) is 0.182. The van der Waals surface area contributed by atoms with Crippen molar-refractivity contribution in [2.75, 3.05) is 7.11 Å². The summed E-state index contributed by atoms with van der Waals surface area (Å²) in [6, 6.07) is 31.4. The lowest BCUT2D eigenvalue weighted by Gasteiger charge is -2.31. The first kappa shape index (κ1) is 27.0. The second-order valence-corrected chi connectivity index (χ2v) is 10.2. The average molecular weight is 558 g/mol. The standard InChI is InChI=1S/C33H31N7O2/c1-42-28-14-15-30-27(19-28)20-29(33(41)35-30)31(32-36-37-38-40(32)18-16-24-9-4-2-5-10-24)39(22-25-11-6-3-7-12-25)23-26-13-8-17-34-21-26/h2-15,17,19-21,31H,16,18,22-23H2,1H3,(H,35,41)/t31-/m0/s1. The van der Waals surface area contributed by atoms with E-state index in [-0.39, 0.29) is 5.56 Å². The van der Waals surface area contributed by atoms with Gasteiger partial charge < -0.3 is 9.72 Å². The predicted octanol–water partition coefficient (Wildman–Crippen LogP) is 4.95. The van der Waals surface area contributed by atoms with Gasteiger partial charge in [0.1, 0.15) is 11.8 Å². The minimum Gasteiger partial charge on any atom is -0.497 e. The first-order valence-corrected chi connectivity index (χ1v) is 13.9. The summed E-state index contributed by atoms with van der Waals surface area (Å²) >= 11 is 0. The number of H-pyrrole nitrogens is 1. The van der Waals surface area contributed by atoms with Crippen LogP contribution in [-0.2, 0) is 26.1 Å². The molecule has 1 atom stereocenters. The van der Waals surface area contributed by atoms with Crippen molar-refractivity contribution in [3.8, 4) is 5.75 Å². The van der Waals surface area contributed by atoms with Crippen LogP contribution in [0.3, 0.4) is 0 Å². The molecule has 0 saturated heterocycles. The van der Waals surface area contributed by atoms with Crippen molar-refractivity contribution in [1.82, 2.24) is 35.1 Å². The van der Waals surface area contributed by atoms with E-state index < -0.39 is 6.04 Å². The molecular weight excluding hydrogens is 526 g/mol. The Bertz CT molecular complexity index is 1760. The number of aromatic amines is 1. The van der Waals surface area contributed by atoms with Crippen LogP contribution < -0.4 is 10.3 Å². The van der Waals surface area contributed by atoms with Gasteiger partial charge in [-0.25, -0.2) is 4.68 Å². The summed E-state index contributed by atoms with van der Waals surface area (Å²) in [4.78, 5) is 23.5. The molecule has 1 N–H and O–H groups in total. The Labute approximate surface area is 243 Å². The molecule has 3 heterocycles. The smallest absolute Gasteiger partial charge is 0.253 e. The van der Waals surface area contributed by atoms with E-state index in [0.29, 0.717) is 36.8 Å². The highest BCUT2D eigenvalue weighted by Crippen LogP contribution is 2.31. The maximum absolute atomic E-state index is 13.8. The van der Waals surface area contributed by atoms with Crippen molar-refractivity contribution < 1.29 is 4.74 Å². The Morgan fingerprint density at radius 2 is 1.62 bits per heavy atom. The van der Waals surface area contributed by atoms with Gasteiger partial charge in [0.25, 0.3) is 5.56 Å². The van der Waals surface area contributed by atoms with Crippen LogP contribution in [0.2, 0.25) is 0 Å².